The van der Waals surface area contributed by atoms with Crippen molar-refractivity contribution in [1.82, 2.24) is 15.0 Å². The second kappa shape index (κ2) is 2.67. The topological polar surface area (TPSA) is 67.6 Å². The molecule has 0 aliphatic carbocycles. The molecule has 0 aromatic carbocycles. The Bertz CT molecular complexity index is 409. The van der Waals surface area contributed by atoms with E-state index in [4.69, 9.17) is 5.73 Å². The van der Waals surface area contributed by atoms with E-state index in [1.165, 1.54) is 0 Å². The Morgan fingerprint density at radius 1 is 1.58 bits per heavy atom. The number of pyridine rings is 1. The van der Waals surface area contributed by atoms with Crippen molar-refractivity contribution in [2.45, 2.75) is 5.16 Å². The number of nitrogen functional groups attached to an aromatic ring is 1. The quantitative estimate of drug-likeness (QED) is 0.648. The molecular formula is C7H8N4S. The number of hydrogen-bond acceptors (Lipinski definition) is 4. The lowest BCUT2D eigenvalue weighted by molar-refractivity contribution is 1.08. The average molecular weight is 180 g/mol. The Morgan fingerprint density at radius 2 is 2.42 bits per heavy atom. The Balaban J connectivity index is 2.67. The second-order valence-electron chi connectivity index (χ2n) is 2.39. The van der Waals surface area contributed by atoms with Crippen molar-refractivity contribution >= 4 is 28.6 Å². The van der Waals surface area contributed by atoms with Gasteiger partial charge in [-0.2, -0.15) is 0 Å². The second-order valence-corrected chi connectivity index (χ2v) is 3.18. The molecule has 2 rings (SSSR count). The molecule has 0 saturated carbocycles. The van der Waals surface area contributed by atoms with Gasteiger partial charge in [0.25, 0.3) is 0 Å². The van der Waals surface area contributed by atoms with E-state index in [0.717, 1.165) is 10.7 Å². The number of rotatable bonds is 1. The number of thioether (sulfide) groups is 1. The highest BCUT2D eigenvalue weighted by Crippen LogP contribution is 2.16. The fraction of sp³-hybridized carbons (Fsp3) is 0.143. The lowest BCUT2D eigenvalue weighted by atomic mass is 10.4. The number of fused-ring (bicyclic) bond motifs is 1. The van der Waals surface area contributed by atoms with E-state index in [0.29, 0.717) is 11.3 Å². The summed E-state index contributed by atoms with van der Waals surface area (Å²) >= 11 is 1.55. The molecule has 2 heterocycles. The molecule has 0 aliphatic rings. The van der Waals surface area contributed by atoms with Gasteiger partial charge >= 0.3 is 0 Å². The minimum absolute atomic E-state index is 0.652. The van der Waals surface area contributed by atoms with Gasteiger partial charge in [-0.05, 0) is 12.3 Å². The molecule has 2 aromatic rings. The molecular weight excluding hydrogens is 172 g/mol. The molecule has 4 nitrogen and oxygen atoms in total. The molecule has 2 aromatic heterocycles. The van der Waals surface area contributed by atoms with Crippen LogP contribution in [0.2, 0.25) is 0 Å². The van der Waals surface area contributed by atoms with Crippen molar-refractivity contribution in [3.8, 4) is 0 Å². The third-order valence-corrected chi connectivity index (χ3v) is 2.11. The first kappa shape index (κ1) is 7.42. The fourth-order valence-electron chi connectivity index (χ4n) is 0.991. The number of aromatic amines is 1. The molecule has 5 heteroatoms. The molecule has 12 heavy (non-hydrogen) atoms. The summed E-state index contributed by atoms with van der Waals surface area (Å²) in [4.78, 5) is 11.4. The Hall–Kier alpha value is -1.23. The first-order valence-electron chi connectivity index (χ1n) is 3.45. The predicted octanol–water partition coefficient (Wildman–Crippen LogP) is 1.26. The number of H-pyrrole nitrogens is 1. The molecule has 0 fully saturated rings. The summed E-state index contributed by atoms with van der Waals surface area (Å²) in [6.45, 7) is 0. The number of hydrogen-bond donors (Lipinski definition) is 2. The zero-order valence-corrected chi connectivity index (χ0v) is 7.35. The summed E-state index contributed by atoms with van der Waals surface area (Å²) in [5.41, 5.74) is 7.81. The highest BCUT2D eigenvalue weighted by atomic mass is 32.2. The molecule has 3 N–H and O–H groups in total. The summed E-state index contributed by atoms with van der Waals surface area (Å²) in [6, 6.07) is 1.83. The van der Waals surface area contributed by atoms with Crippen molar-refractivity contribution in [2.75, 3.05) is 12.0 Å². The van der Waals surface area contributed by atoms with E-state index in [2.05, 4.69) is 15.0 Å². The lowest BCUT2D eigenvalue weighted by Gasteiger charge is -1.88. The van der Waals surface area contributed by atoms with E-state index in [1.54, 1.807) is 18.0 Å². The number of imidazole rings is 1. The Morgan fingerprint density at radius 3 is 3.17 bits per heavy atom. The van der Waals surface area contributed by atoms with Crippen LogP contribution in [-0.4, -0.2) is 21.2 Å². The van der Waals surface area contributed by atoms with E-state index >= 15 is 0 Å². The van der Waals surface area contributed by atoms with Crippen LogP contribution in [0.15, 0.2) is 17.4 Å². The van der Waals surface area contributed by atoms with Gasteiger partial charge in [-0.1, -0.05) is 11.8 Å². The van der Waals surface area contributed by atoms with Gasteiger partial charge in [-0.15, -0.1) is 0 Å². The maximum Gasteiger partial charge on any atom is 0.178 e. The molecule has 0 amide bonds. The summed E-state index contributed by atoms with van der Waals surface area (Å²) in [5.74, 6) is 0. The minimum Gasteiger partial charge on any atom is -0.397 e. The first-order valence-corrected chi connectivity index (χ1v) is 4.67. The van der Waals surface area contributed by atoms with Crippen LogP contribution in [0.4, 0.5) is 5.69 Å². The molecule has 0 unspecified atom stereocenters. The standard InChI is InChI=1S/C7H8N4S/c1-12-7-10-5-2-4(8)3-9-6(5)11-7/h2-3H,8H2,1H3,(H,9,10,11). The van der Waals surface area contributed by atoms with E-state index < -0.39 is 0 Å². The monoisotopic (exact) mass is 180 g/mol. The van der Waals surface area contributed by atoms with Crippen LogP contribution in [0.1, 0.15) is 0 Å². The van der Waals surface area contributed by atoms with Gasteiger partial charge in [0.1, 0.15) is 0 Å². The van der Waals surface area contributed by atoms with Gasteiger partial charge in [0, 0.05) is 0 Å². The zero-order valence-electron chi connectivity index (χ0n) is 6.53. The van der Waals surface area contributed by atoms with Gasteiger partial charge < -0.3 is 10.7 Å². The van der Waals surface area contributed by atoms with Crippen LogP contribution in [-0.2, 0) is 0 Å². The van der Waals surface area contributed by atoms with Crippen LogP contribution in [0, 0.1) is 0 Å². The van der Waals surface area contributed by atoms with Gasteiger partial charge in [0.05, 0.1) is 17.4 Å². The highest BCUT2D eigenvalue weighted by Gasteiger charge is 2.01. The van der Waals surface area contributed by atoms with Crippen LogP contribution in [0.5, 0.6) is 0 Å². The third kappa shape index (κ3) is 1.12. The van der Waals surface area contributed by atoms with Crippen molar-refractivity contribution in [3.05, 3.63) is 12.3 Å². The summed E-state index contributed by atoms with van der Waals surface area (Å²) in [7, 11) is 0. The first-order chi connectivity index (χ1) is 5.79. The maximum atomic E-state index is 5.56. The SMILES string of the molecule is CSc1nc2ncc(N)cc2[nH]1. The summed E-state index contributed by atoms with van der Waals surface area (Å²) < 4.78 is 0. The molecule has 62 valence electrons. The molecule has 0 aliphatic heterocycles. The zero-order chi connectivity index (χ0) is 8.55. The van der Waals surface area contributed by atoms with Crippen LogP contribution < -0.4 is 5.73 Å². The number of nitrogens with one attached hydrogen (secondary N) is 1. The Labute approximate surface area is 73.6 Å². The predicted molar refractivity (Wildman–Crippen MR) is 50.1 cm³/mol. The Kier molecular flexibility index (Phi) is 1.65. The summed E-state index contributed by atoms with van der Waals surface area (Å²) in [6.07, 6.45) is 3.56. The van der Waals surface area contributed by atoms with Crippen LogP contribution in [0.25, 0.3) is 11.2 Å². The molecule has 0 radical (unpaired) electrons. The van der Waals surface area contributed by atoms with Crippen molar-refractivity contribution in [1.29, 1.82) is 0 Å². The minimum atomic E-state index is 0.652. The normalized spacial score (nSPS) is 10.8. The van der Waals surface area contributed by atoms with Gasteiger partial charge in [0.15, 0.2) is 10.8 Å². The average Bonchev–Trinajstić information content (AvgIpc) is 2.46. The third-order valence-electron chi connectivity index (χ3n) is 1.53. The largest absolute Gasteiger partial charge is 0.397 e. The number of aromatic nitrogens is 3. The van der Waals surface area contributed by atoms with Crippen molar-refractivity contribution in [3.63, 3.8) is 0 Å². The van der Waals surface area contributed by atoms with Gasteiger partial charge in [0.2, 0.25) is 0 Å². The van der Waals surface area contributed by atoms with Crippen LogP contribution in [0.3, 0.4) is 0 Å². The number of nitrogens with zero attached hydrogens (tertiary/aromatic N) is 2. The summed E-state index contributed by atoms with van der Waals surface area (Å²) in [5, 5.41) is 0.864. The molecule has 0 spiro atoms. The number of anilines is 1. The van der Waals surface area contributed by atoms with E-state index in [9.17, 15) is 0 Å². The molecule has 0 saturated heterocycles. The lowest BCUT2D eigenvalue weighted by Crippen LogP contribution is -1.85. The van der Waals surface area contributed by atoms with Crippen molar-refractivity contribution in [2.24, 2.45) is 0 Å². The fourth-order valence-corrected chi connectivity index (χ4v) is 1.38. The van der Waals surface area contributed by atoms with E-state index in [-0.39, 0.29) is 0 Å². The van der Waals surface area contributed by atoms with Gasteiger partial charge in [-0.25, -0.2) is 9.97 Å². The van der Waals surface area contributed by atoms with Crippen molar-refractivity contribution < 1.29 is 0 Å². The van der Waals surface area contributed by atoms with Gasteiger partial charge in [-0.3, -0.25) is 0 Å². The van der Waals surface area contributed by atoms with Crippen LogP contribution >= 0.6 is 11.8 Å². The smallest absolute Gasteiger partial charge is 0.178 e. The highest BCUT2D eigenvalue weighted by molar-refractivity contribution is 7.98. The molecule has 0 bridgehead atoms. The van der Waals surface area contributed by atoms with E-state index in [1.807, 2.05) is 12.3 Å². The maximum absolute atomic E-state index is 5.56. The number of nitrogens with two attached hydrogens (primary N) is 1. The molecule has 0 atom stereocenters.